The number of anilines is 1. The van der Waals surface area contributed by atoms with E-state index in [0.29, 0.717) is 31.0 Å². The van der Waals surface area contributed by atoms with Crippen LogP contribution in [0.5, 0.6) is 0 Å². The second-order valence-corrected chi connectivity index (χ2v) is 5.06. The average molecular weight is 282 g/mol. The lowest BCUT2D eigenvalue weighted by atomic mass is 10.1. The van der Waals surface area contributed by atoms with Crippen LogP contribution in [0.1, 0.15) is 11.9 Å². The number of ether oxygens (including phenoxy) is 1. The fourth-order valence-corrected chi connectivity index (χ4v) is 2.37. The first-order valence-electron chi connectivity index (χ1n) is 5.41. The van der Waals surface area contributed by atoms with E-state index in [9.17, 15) is 13.2 Å². The van der Waals surface area contributed by atoms with Gasteiger partial charge in [-0.1, -0.05) is 11.3 Å². The Labute approximate surface area is 106 Å². The summed E-state index contributed by atoms with van der Waals surface area (Å²) in [5.74, 6) is 0. The molecule has 0 saturated carbocycles. The van der Waals surface area contributed by atoms with E-state index < -0.39 is 11.2 Å². The number of halogens is 3. The Morgan fingerprint density at radius 2 is 2.22 bits per heavy atom. The summed E-state index contributed by atoms with van der Waals surface area (Å²) in [5.41, 5.74) is 5.72. The molecule has 5 nitrogen and oxygen atoms in total. The standard InChI is InChI=1S/C9H13F3N4OS/c1-5(13)6-4-16(2-3-17-6)8-15-14-7(18-8)9(10,11)12/h5-6H,2-4,13H2,1H3. The van der Waals surface area contributed by atoms with Gasteiger partial charge in [0.05, 0.1) is 12.7 Å². The zero-order chi connectivity index (χ0) is 13.3. The van der Waals surface area contributed by atoms with Gasteiger partial charge in [-0.2, -0.15) is 13.2 Å². The predicted octanol–water partition coefficient (Wildman–Crippen LogP) is 1.11. The smallest absolute Gasteiger partial charge is 0.373 e. The molecule has 0 radical (unpaired) electrons. The van der Waals surface area contributed by atoms with Crippen LogP contribution < -0.4 is 10.6 Å². The monoisotopic (exact) mass is 282 g/mol. The van der Waals surface area contributed by atoms with E-state index in [2.05, 4.69) is 10.2 Å². The summed E-state index contributed by atoms with van der Waals surface area (Å²) >= 11 is 0.542. The summed E-state index contributed by atoms with van der Waals surface area (Å²) in [6.45, 7) is 3.16. The molecule has 18 heavy (non-hydrogen) atoms. The van der Waals surface area contributed by atoms with Crippen LogP contribution in [0.25, 0.3) is 0 Å². The van der Waals surface area contributed by atoms with Crippen molar-refractivity contribution < 1.29 is 17.9 Å². The molecule has 0 aliphatic carbocycles. The summed E-state index contributed by atoms with van der Waals surface area (Å²) in [6.07, 6.45) is -4.64. The minimum absolute atomic E-state index is 0.178. The maximum Gasteiger partial charge on any atom is 0.445 e. The van der Waals surface area contributed by atoms with Gasteiger partial charge < -0.3 is 15.4 Å². The summed E-state index contributed by atoms with van der Waals surface area (Å²) < 4.78 is 42.7. The van der Waals surface area contributed by atoms with Gasteiger partial charge in [0.25, 0.3) is 0 Å². The number of morpholine rings is 1. The molecule has 2 rings (SSSR count). The molecule has 0 amide bonds. The molecule has 0 bridgehead atoms. The highest BCUT2D eigenvalue weighted by Gasteiger charge is 2.36. The molecule has 2 N–H and O–H groups in total. The Hall–Kier alpha value is -0.930. The van der Waals surface area contributed by atoms with Crippen LogP contribution in [-0.4, -0.2) is 42.0 Å². The molecule has 2 unspecified atom stereocenters. The van der Waals surface area contributed by atoms with Gasteiger partial charge in [-0.15, -0.1) is 10.2 Å². The molecule has 9 heteroatoms. The van der Waals surface area contributed by atoms with E-state index in [1.54, 1.807) is 11.8 Å². The minimum Gasteiger partial charge on any atom is -0.373 e. The number of nitrogens with two attached hydrogens (primary N) is 1. The van der Waals surface area contributed by atoms with Crippen molar-refractivity contribution in [3.05, 3.63) is 5.01 Å². The Balaban J connectivity index is 2.09. The van der Waals surface area contributed by atoms with Crippen molar-refractivity contribution in [1.82, 2.24) is 10.2 Å². The van der Waals surface area contributed by atoms with Crippen molar-refractivity contribution in [3.63, 3.8) is 0 Å². The van der Waals surface area contributed by atoms with Crippen LogP contribution in [-0.2, 0) is 10.9 Å². The normalized spacial score (nSPS) is 23.2. The van der Waals surface area contributed by atoms with Gasteiger partial charge >= 0.3 is 6.18 Å². The van der Waals surface area contributed by atoms with Crippen molar-refractivity contribution in [2.75, 3.05) is 24.6 Å². The van der Waals surface area contributed by atoms with Crippen molar-refractivity contribution in [1.29, 1.82) is 0 Å². The topological polar surface area (TPSA) is 64.3 Å². The van der Waals surface area contributed by atoms with E-state index in [-0.39, 0.29) is 17.3 Å². The fourth-order valence-electron chi connectivity index (χ4n) is 1.63. The molecule has 1 fully saturated rings. The number of hydrogen-bond donors (Lipinski definition) is 1. The highest BCUT2D eigenvalue weighted by atomic mass is 32.1. The summed E-state index contributed by atoms with van der Waals surface area (Å²) in [5, 5.41) is 6.07. The Bertz CT molecular complexity index is 409. The minimum atomic E-state index is -4.44. The zero-order valence-electron chi connectivity index (χ0n) is 9.65. The quantitative estimate of drug-likeness (QED) is 0.880. The molecule has 1 aliphatic heterocycles. The molecule has 2 atom stereocenters. The van der Waals surface area contributed by atoms with Crippen molar-refractivity contribution in [3.8, 4) is 0 Å². The van der Waals surface area contributed by atoms with Crippen molar-refractivity contribution in [2.45, 2.75) is 25.2 Å². The number of nitrogens with zero attached hydrogens (tertiary/aromatic N) is 3. The van der Waals surface area contributed by atoms with E-state index in [4.69, 9.17) is 10.5 Å². The largest absolute Gasteiger partial charge is 0.445 e. The number of hydrogen-bond acceptors (Lipinski definition) is 6. The highest BCUT2D eigenvalue weighted by molar-refractivity contribution is 7.15. The van der Waals surface area contributed by atoms with E-state index in [1.807, 2.05) is 0 Å². The highest BCUT2D eigenvalue weighted by Crippen LogP contribution is 2.34. The average Bonchev–Trinajstić information content (AvgIpc) is 2.78. The molecule has 0 aromatic carbocycles. The maximum absolute atomic E-state index is 12.4. The molecule has 1 aliphatic rings. The van der Waals surface area contributed by atoms with Gasteiger partial charge in [0, 0.05) is 19.1 Å². The zero-order valence-corrected chi connectivity index (χ0v) is 10.5. The van der Waals surface area contributed by atoms with Gasteiger partial charge in [-0.05, 0) is 6.92 Å². The third-order valence-electron chi connectivity index (χ3n) is 2.61. The summed E-state index contributed by atoms with van der Waals surface area (Å²) in [4.78, 5) is 1.73. The van der Waals surface area contributed by atoms with Crippen molar-refractivity contribution >= 4 is 16.5 Å². The van der Waals surface area contributed by atoms with Crippen LogP contribution in [0, 0.1) is 0 Å². The number of alkyl halides is 3. The summed E-state index contributed by atoms with van der Waals surface area (Å²) in [6, 6.07) is -0.178. The third kappa shape index (κ3) is 2.90. The van der Waals surface area contributed by atoms with Crippen molar-refractivity contribution in [2.24, 2.45) is 5.73 Å². The number of rotatable bonds is 2. The van der Waals surface area contributed by atoms with E-state index >= 15 is 0 Å². The lowest BCUT2D eigenvalue weighted by molar-refractivity contribution is -0.138. The van der Waals surface area contributed by atoms with Crippen LogP contribution in [0.15, 0.2) is 0 Å². The molecule has 2 heterocycles. The predicted molar refractivity (Wildman–Crippen MR) is 60.5 cm³/mol. The SMILES string of the molecule is CC(N)C1CN(c2nnc(C(F)(F)F)s2)CCO1. The van der Waals surface area contributed by atoms with Gasteiger partial charge in [0.2, 0.25) is 10.1 Å². The molecular formula is C9H13F3N4OS. The Morgan fingerprint density at radius 3 is 2.78 bits per heavy atom. The molecule has 0 spiro atoms. The lowest BCUT2D eigenvalue weighted by Gasteiger charge is -2.34. The second kappa shape index (κ2) is 4.98. The third-order valence-corrected chi connectivity index (χ3v) is 3.64. The molecule has 102 valence electrons. The molecule has 1 aromatic heterocycles. The first kappa shape index (κ1) is 13.5. The van der Waals surface area contributed by atoms with Crippen LogP contribution >= 0.6 is 11.3 Å². The van der Waals surface area contributed by atoms with Crippen LogP contribution in [0.2, 0.25) is 0 Å². The Morgan fingerprint density at radius 1 is 1.50 bits per heavy atom. The maximum atomic E-state index is 12.4. The molecular weight excluding hydrogens is 269 g/mol. The van der Waals surface area contributed by atoms with Gasteiger partial charge in [0.1, 0.15) is 0 Å². The van der Waals surface area contributed by atoms with Gasteiger partial charge in [-0.3, -0.25) is 0 Å². The first-order chi connectivity index (χ1) is 8.38. The first-order valence-corrected chi connectivity index (χ1v) is 6.22. The molecule has 1 aromatic rings. The summed E-state index contributed by atoms with van der Waals surface area (Å²) in [7, 11) is 0. The Kier molecular flexibility index (Phi) is 3.74. The second-order valence-electron chi connectivity index (χ2n) is 4.10. The van der Waals surface area contributed by atoms with Crippen LogP contribution in [0.3, 0.4) is 0 Å². The van der Waals surface area contributed by atoms with E-state index in [1.165, 1.54) is 0 Å². The van der Waals surface area contributed by atoms with Gasteiger partial charge in [-0.25, -0.2) is 0 Å². The lowest BCUT2D eigenvalue weighted by Crippen LogP contribution is -2.49. The van der Waals surface area contributed by atoms with E-state index in [0.717, 1.165) is 0 Å². The number of aromatic nitrogens is 2. The fraction of sp³-hybridized carbons (Fsp3) is 0.778. The van der Waals surface area contributed by atoms with Gasteiger partial charge in [0.15, 0.2) is 0 Å². The molecule has 1 saturated heterocycles. The van der Waals surface area contributed by atoms with Crippen LogP contribution in [0.4, 0.5) is 18.3 Å².